The smallest absolute Gasteiger partial charge is 0.271 e. The van der Waals surface area contributed by atoms with Crippen molar-refractivity contribution in [3.8, 4) is 34.5 Å². The maximum atomic E-state index is 13.7. The van der Waals surface area contributed by atoms with Gasteiger partial charge in [0.2, 0.25) is 0 Å². The molecule has 0 bridgehead atoms. The average molecular weight is 532 g/mol. The number of carbonyl (C=O) groups excluding carboxylic acids is 2. The first kappa shape index (κ1) is 26.1. The summed E-state index contributed by atoms with van der Waals surface area (Å²) in [4.78, 5) is 32.0. The minimum absolute atomic E-state index is 0.00683. The molecule has 2 amide bonds. The first-order valence-corrected chi connectivity index (χ1v) is 12.4. The van der Waals surface area contributed by atoms with Crippen LogP contribution in [0, 0.1) is 11.3 Å². The SMILES string of the molecule is COc1ccc(-c2nn(-c3ccccc3)cc2/C=C2/C(=O)N(Cc3cccnc3)C(=O)C(C#N)=C2C)cc1OC. The molecule has 0 fully saturated rings. The van der Waals surface area contributed by atoms with E-state index in [1.54, 1.807) is 62.5 Å². The molecule has 40 heavy (non-hydrogen) atoms. The Kier molecular flexibility index (Phi) is 7.25. The fourth-order valence-corrected chi connectivity index (χ4v) is 4.52. The lowest BCUT2D eigenvalue weighted by atomic mass is 9.93. The van der Waals surface area contributed by atoms with Crippen molar-refractivity contribution in [3.63, 3.8) is 0 Å². The van der Waals surface area contributed by atoms with E-state index in [9.17, 15) is 14.9 Å². The molecule has 9 nitrogen and oxygen atoms in total. The summed E-state index contributed by atoms with van der Waals surface area (Å²) in [5, 5.41) is 14.7. The average Bonchev–Trinajstić information content (AvgIpc) is 3.42. The fraction of sp³-hybridized carbons (Fsp3) is 0.129. The zero-order valence-corrected chi connectivity index (χ0v) is 22.2. The zero-order chi connectivity index (χ0) is 28.2. The molecule has 0 N–H and O–H groups in total. The molecule has 5 rings (SSSR count). The number of rotatable bonds is 7. The number of amides is 2. The molecule has 198 valence electrons. The van der Waals surface area contributed by atoms with Crippen molar-refractivity contribution in [1.82, 2.24) is 19.7 Å². The molecule has 4 aromatic rings. The van der Waals surface area contributed by atoms with E-state index in [-0.39, 0.29) is 17.7 Å². The lowest BCUT2D eigenvalue weighted by molar-refractivity contribution is -0.141. The Balaban J connectivity index is 1.67. The maximum absolute atomic E-state index is 13.7. The Bertz CT molecular complexity index is 1700. The molecule has 2 aromatic heterocycles. The van der Waals surface area contributed by atoms with Crippen molar-refractivity contribution in [2.75, 3.05) is 14.2 Å². The van der Waals surface area contributed by atoms with Crippen molar-refractivity contribution >= 4 is 17.9 Å². The first-order valence-electron chi connectivity index (χ1n) is 12.4. The van der Waals surface area contributed by atoms with Gasteiger partial charge in [-0.3, -0.25) is 19.5 Å². The predicted molar refractivity (Wildman–Crippen MR) is 148 cm³/mol. The third-order valence-corrected chi connectivity index (χ3v) is 6.61. The molecule has 2 aromatic carbocycles. The van der Waals surface area contributed by atoms with E-state index in [4.69, 9.17) is 14.6 Å². The standard InChI is InChI=1S/C31H25N5O4/c1-20-25(30(37)35(31(38)26(20)16-32)18-21-8-7-13-33-17-21)14-23-19-36(24-9-5-4-6-10-24)34-29(23)22-11-12-27(39-2)28(15-22)40-3/h4-15,17,19H,18H2,1-3H3/b25-14+. The monoisotopic (exact) mass is 531 g/mol. The topological polar surface area (TPSA) is 110 Å². The van der Waals surface area contributed by atoms with Crippen molar-refractivity contribution in [3.05, 3.63) is 107 Å². The van der Waals surface area contributed by atoms with Crippen LogP contribution >= 0.6 is 0 Å². The van der Waals surface area contributed by atoms with Crippen LogP contribution in [-0.2, 0) is 16.1 Å². The molecule has 0 unspecified atom stereocenters. The highest BCUT2D eigenvalue weighted by Crippen LogP contribution is 2.35. The van der Waals surface area contributed by atoms with Crippen LogP contribution in [0.3, 0.4) is 0 Å². The molecule has 0 atom stereocenters. The van der Waals surface area contributed by atoms with Gasteiger partial charge in [0.05, 0.1) is 26.5 Å². The summed E-state index contributed by atoms with van der Waals surface area (Å²) in [6.07, 6.45) is 6.68. The van der Waals surface area contributed by atoms with Crippen LogP contribution in [0.2, 0.25) is 0 Å². The predicted octanol–water partition coefficient (Wildman–Crippen LogP) is 4.74. The van der Waals surface area contributed by atoms with Gasteiger partial charge in [-0.1, -0.05) is 24.3 Å². The van der Waals surface area contributed by atoms with E-state index < -0.39 is 11.8 Å². The molecule has 1 aliphatic heterocycles. The van der Waals surface area contributed by atoms with Crippen LogP contribution in [0.15, 0.2) is 96.0 Å². The number of carbonyl (C=O) groups is 2. The van der Waals surface area contributed by atoms with Crippen LogP contribution in [0.1, 0.15) is 18.1 Å². The van der Waals surface area contributed by atoms with Gasteiger partial charge in [-0.2, -0.15) is 10.4 Å². The Labute approximate surface area is 231 Å². The van der Waals surface area contributed by atoms with E-state index >= 15 is 0 Å². The van der Waals surface area contributed by atoms with Crippen molar-refractivity contribution in [2.24, 2.45) is 0 Å². The number of ether oxygens (including phenoxy) is 2. The summed E-state index contributed by atoms with van der Waals surface area (Å²) in [5.74, 6) is -0.0435. The minimum Gasteiger partial charge on any atom is -0.493 e. The Morgan fingerprint density at radius 3 is 2.42 bits per heavy atom. The summed E-state index contributed by atoms with van der Waals surface area (Å²) in [6, 6.07) is 20.5. The van der Waals surface area contributed by atoms with Gasteiger partial charge in [0.25, 0.3) is 11.8 Å². The van der Waals surface area contributed by atoms with Crippen LogP contribution in [0.4, 0.5) is 0 Å². The molecule has 1 aliphatic rings. The van der Waals surface area contributed by atoms with E-state index in [2.05, 4.69) is 4.98 Å². The molecule has 3 heterocycles. The third-order valence-electron chi connectivity index (χ3n) is 6.61. The Hall–Kier alpha value is -5.49. The fourth-order valence-electron chi connectivity index (χ4n) is 4.52. The largest absolute Gasteiger partial charge is 0.493 e. The number of para-hydroxylation sites is 1. The molecule has 0 spiro atoms. The first-order chi connectivity index (χ1) is 19.4. The minimum atomic E-state index is -0.633. The summed E-state index contributed by atoms with van der Waals surface area (Å²) in [6.45, 7) is 1.60. The summed E-state index contributed by atoms with van der Waals surface area (Å²) in [5.41, 5.74) is 3.87. The Morgan fingerprint density at radius 2 is 1.75 bits per heavy atom. The van der Waals surface area contributed by atoms with Gasteiger partial charge in [0, 0.05) is 35.3 Å². The molecule has 0 radical (unpaired) electrons. The number of pyridine rings is 1. The summed E-state index contributed by atoms with van der Waals surface area (Å²) < 4.78 is 12.6. The molecule has 0 aliphatic carbocycles. The highest BCUT2D eigenvalue weighted by molar-refractivity contribution is 6.19. The van der Waals surface area contributed by atoms with E-state index in [1.165, 1.54) is 0 Å². The molecule has 0 saturated heterocycles. The summed E-state index contributed by atoms with van der Waals surface area (Å²) in [7, 11) is 3.12. The van der Waals surface area contributed by atoms with Gasteiger partial charge in [0.15, 0.2) is 11.5 Å². The lowest BCUT2D eigenvalue weighted by Crippen LogP contribution is -2.42. The molecular weight excluding hydrogens is 506 g/mol. The molecule has 0 saturated carbocycles. The number of nitriles is 1. The number of imide groups is 1. The van der Waals surface area contributed by atoms with Gasteiger partial charge in [-0.15, -0.1) is 0 Å². The van der Waals surface area contributed by atoms with Gasteiger partial charge < -0.3 is 9.47 Å². The van der Waals surface area contributed by atoms with Gasteiger partial charge in [-0.05, 0) is 60.5 Å². The zero-order valence-electron chi connectivity index (χ0n) is 22.2. The Morgan fingerprint density at radius 1 is 0.975 bits per heavy atom. The summed E-state index contributed by atoms with van der Waals surface area (Å²) >= 11 is 0. The highest BCUT2D eigenvalue weighted by Gasteiger charge is 2.35. The van der Waals surface area contributed by atoms with Crippen LogP contribution in [0.25, 0.3) is 23.0 Å². The number of aromatic nitrogens is 3. The number of nitrogens with zero attached hydrogens (tertiary/aromatic N) is 5. The number of hydrogen-bond donors (Lipinski definition) is 0. The number of methoxy groups -OCH3 is 2. The van der Waals surface area contributed by atoms with Crippen LogP contribution in [-0.4, -0.2) is 45.7 Å². The number of hydrogen-bond acceptors (Lipinski definition) is 7. The van der Waals surface area contributed by atoms with E-state index in [1.807, 2.05) is 54.7 Å². The van der Waals surface area contributed by atoms with Crippen LogP contribution < -0.4 is 9.47 Å². The van der Waals surface area contributed by atoms with E-state index in [0.29, 0.717) is 33.9 Å². The second-order valence-corrected chi connectivity index (χ2v) is 9.01. The van der Waals surface area contributed by atoms with Gasteiger partial charge in [0.1, 0.15) is 17.3 Å². The molecule has 9 heteroatoms. The normalized spacial score (nSPS) is 14.4. The van der Waals surface area contributed by atoms with E-state index in [0.717, 1.165) is 16.2 Å². The highest BCUT2D eigenvalue weighted by atomic mass is 16.5. The van der Waals surface area contributed by atoms with Gasteiger partial charge >= 0.3 is 0 Å². The van der Waals surface area contributed by atoms with Crippen molar-refractivity contribution in [1.29, 1.82) is 5.26 Å². The van der Waals surface area contributed by atoms with Crippen molar-refractivity contribution in [2.45, 2.75) is 13.5 Å². The third kappa shape index (κ3) is 4.86. The quantitative estimate of drug-likeness (QED) is 0.250. The second kappa shape index (κ2) is 11.1. The maximum Gasteiger partial charge on any atom is 0.271 e. The van der Waals surface area contributed by atoms with Crippen molar-refractivity contribution < 1.29 is 19.1 Å². The van der Waals surface area contributed by atoms with Crippen LogP contribution in [0.5, 0.6) is 11.5 Å². The number of benzene rings is 2. The lowest BCUT2D eigenvalue weighted by Gasteiger charge is -2.27. The second-order valence-electron chi connectivity index (χ2n) is 9.01. The van der Waals surface area contributed by atoms with Gasteiger partial charge in [-0.25, -0.2) is 4.68 Å². The molecular formula is C31H25N5O4.